The van der Waals surface area contributed by atoms with E-state index in [0.29, 0.717) is 0 Å². The van der Waals surface area contributed by atoms with Crippen molar-refractivity contribution in [1.82, 2.24) is 0 Å². The van der Waals surface area contributed by atoms with Gasteiger partial charge in [-0.15, -0.1) is 0 Å². The number of rotatable bonds is 10. The summed E-state index contributed by atoms with van der Waals surface area (Å²) in [5.41, 5.74) is 0. The largest absolute Gasteiger partial charge is 0.0864 e. The molecule has 0 aliphatic carbocycles. The molecule has 0 unspecified atom stereocenters. The molecule has 0 spiro atoms. The Bertz CT molecular complexity index is 71.2. The lowest BCUT2D eigenvalue weighted by atomic mass is 10.1. The van der Waals surface area contributed by atoms with Gasteiger partial charge in [0.2, 0.25) is 0 Å². The van der Waals surface area contributed by atoms with Gasteiger partial charge in [0.05, 0.1) is 0 Å². The van der Waals surface area contributed by atoms with Gasteiger partial charge in [0.25, 0.3) is 0 Å². The smallest absolute Gasteiger partial charge is 0.000473 e. The van der Waals surface area contributed by atoms with Crippen LogP contribution >= 0.6 is 22.6 Å². The van der Waals surface area contributed by atoms with Crippen molar-refractivity contribution >= 4 is 22.6 Å². The second kappa shape index (κ2) is 12.7. The van der Waals surface area contributed by atoms with Gasteiger partial charge in [0.15, 0.2) is 0 Å². The Labute approximate surface area is 98.0 Å². The van der Waals surface area contributed by atoms with Gasteiger partial charge in [0, 0.05) is 0 Å². The Balaban J connectivity index is 2.76. The van der Waals surface area contributed by atoms with Crippen molar-refractivity contribution < 1.29 is 0 Å². The standard InChI is InChI=1S/C12H24I/c1-2-3-4-5-6-7-8-9-10-11-12-13/h1-12H2. The number of alkyl halides is 1. The van der Waals surface area contributed by atoms with Gasteiger partial charge in [-0.1, -0.05) is 87.3 Å². The van der Waals surface area contributed by atoms with Crippen LogP contribution in [0, 0.1) is 6.92 Å². The number of halogens is 1. The molecule has 0 N–H and O–H groups in total. The molecule has 0 fully saturated rings. The molecule has 0 saturated heterocycles. The zero-order valence-corrected chi connectivity index (χ0v) is 11.0. The van der Waals surface area contributed by atoms with E-state index >= 15 is 0 Å². The minimum Gasteiger partial charge on any atom is -0.0864 e. The first-order valence-corrected chi connectivity index (χ1v) is 7.29. The summed E-state index contributed by atoms with van der Waals surface area (Å²) >= 11 is 2.47. The van der Waals surface area contributed by atoms with Gasteiger partial charge in [0.1, 0.15) is 0 Å². The fraction of sp³-hybridized carbons (Fsp3) is 0.917. The lowest BCUT2D eigenvalue weighted by molar-refractivity contribution is 0.568. The molecule has 0 aromatic carbocycles. The highest BCUT2D eigenvalue weighted by Crippen LogP contribution is 2.10. The van der Waals surface area contributed by atoms with Crippen molar-refractivity contribution in [3.8, 4) is 0 Å². The maximum Gasteiger partial charge on any atom is -0.000473 e. The van der Waals surface area contributed by atoms with Crippen molar-refractivity contribution in [3.63, 3.8) is 0 Å². The fourth-order valence-corrected chi connectivity index (χ4v) is 2.05. The highest BCUT2D eigenvalue weighted by atomic mass is 127. The predicted octanol–water partition coefficient (Wildman–Crippen LogP) is 5.16. The Morgan fingerprint density at radius 1 is 0.615 bits per heavy atom. The number of unbranched alkanes of at least 4 members (excludes halogenated alkanes) is 9. The predicted molar refractivity (Wildman–Crippen MR) is 70.4 cm³/mol. The van der Waals surface area contributed by atoms with Crippen LogP contribution in [0.15, 0.2) is 0 Å². The van der Waals surface area contributed by atoms with Crippen LogP contribution in [0.1, 0.15) is 64.2 Å². The van der Waals surface area contributed by atoms with Crippen molar-refractivity contribution in [2.24, 2.45) is 0 Å². The first-order chi connectivity index (χ1) is 6.41. The first kappa shape index (κ1) is 13.7. The summed E-state index contributed by atoms with van der Waals surface area (Å²) in [6.45, 7) is 3.85. The maximum atomic E-state index is 3.85. The highest BCUT2D eigenvalue weighted by molar-refractivity contribution is 14.1. The Morgan fingerprint density at radius 2 is 1.00 bits per heavy atom. The van der Waals surface area contributed by atoms with Crippen molar-refractivity contribution in [2.45, 2.75) is 64.2 Å². The van der Waals surface area contributed by atoms with Gasteiger partial charge in [-0.3, -0.25) is 0 Å². The van der Waals surface area contributed by atoms with Gasteiger partial charge in [-0.25, -0.2) is 0 Å². The number of hydrogen-bond acceptors (Lipinski definition) is 0. The molecule has 0 aliphatic rings. The topological polar surface area (TPSA) is 0 Å². The molecule has 0 aliphatic heterocycles. The van der Waals surface area contributed by atoms with Gasteiger partial charge in [-0.05, 0) is 10.8 Å². The molecule has 0 rings (SSSR count). The Hall–Kier alpha value is 0.730. The van der Waals surface area contributed by atoms with Crippen molar-refractivity contribution in [1.29, 1.82) is 0 Å². The highest BCUT2D eigenvalue weighted by Gasteiger charge is 1.91. The minimum atomic E-state index is 1.12. The summed E-state index contributed by atoms with van der Waals surface area (Å²) in [5, 5.41) is 0. The van der Waals surface area contributed by atoms with Crippen LogP contribution < -0.4 is 0 Å². The van der Waals surface area contributed by atoms with E-state index in [-0.39, 0.29) is 0 Å². The molecule has 79 valence electrons. The van der Waals surface area contributed by atoms with Gasteiger partial charge < -0.3 is 0 Å². The second-order valence-corrected chi connectivity index (χ2v) is 4.80. The lowest BCUT2D eigenvalue weighted by Crippen LogP contribution is -1.81. The third-order valence-corrected chi connectivity index (χ3v) is 3.15. The van der Waals surface area contributed by atoms with E-state index in [4.69, 9.17) is 0 Å². The average Bonchev–Trinajstić information content (AvgIpc) is 2.16. The Morgan fingerprint density at radius 3 is 1.38 bits per heavy atom. The van der Waals surface area contributed by atoms with Crippen LogP contribution in [0.3, 0.4) is 0 Å². The molecule has 0 bridgehead atoms. The van der Waals surface area contributed by atoms with Crippen LogP contribution in [0.4, 0.5) is 0 Å². The van der Waals surface area contributed by atoms with Crippen LogP contribution in [0.2, 0.25) is 0 Å². The molecule has 0 atom stereocenters. The van der Waals surface area contributed by atoms with Gasteiger partial charge in [-0.2, -0.15) is 0 Å². The maximum absolute atomic E-state index is 3.85. The fourth-order valence-electron chi connectivity index (χ4n) is 1.51. The van der Waals surface area contributed by atoms with Crippen LogP contribution in [0.25, 0.3) is 0 Å². The SMILES string of the molecule is [CH2]CCCCCCCCCCCI. The molecule has 0 aromatic heterocycles. The van der Waals surface area contributed by atoms with Crippen LogP contribution in [0.5, 0.6) is 0 Å². The van der Waals surface area contributed by atoms with Crippen molar-refractivity contribution in [3.05, 3.63) is 6.92 Å². The first-order valence-electron chi connectivity index (χ1n) is 5.77. The van der Waals surface area contributed by atoms with E-state index in [0.717, 1.165) is 6.42 Å². The van der Waals surface area contributed by atoms with Crippen LogP contribution in [-0.4, -0.2) is 4.43 Å². The lowest BCUT2D eigenvalue weighted by Gasteiger charge is -2.00. The summed E-state index contributed by atoms with van der Waals surface area (Å²) in [6.07, 6.45) is 14.0. The van der Waals surface area contributed by atoms with Gasteiger partial charge >= 0.3 is 0 Å². The normalized spacial score (nSPS) is 10.6. The van der Waals surface area contributed by atoms with E-state index in [1.165, 1.54) is 62.2 Å². The minimum absolute atomic E-state index is 1.12. The van der Waals surface area contributed by atoms with E-state index in [9.17, 15) is 0 Å². The van der Waals surface area contributed by atoms with E-state index in [2.05, 4.69) is 29.5 Å². The second-order valence-electron chi connectivity index (χ2n) is 3.72. The van der Waals surface area contributed by atoms with Crippen LogP contribution in [-0.2, 0) is 0 Å². The summed E-state index contributed by atoms with van der Waals surface area (Å²) in [6, 6.07) is 0. The third kappa shape index (κ3) is 12.7. The zero-order chi connectivity index (χ0) is 9.78. The average molecular weight is 295 g/mol. The number of hydrogen-bond donors (Lipinski definition) is 0. The molecule has 0 amide bonds. The summed E-state index contributed by atoms with van der Waals surface area (Å²) in [4.78, 5) is 0. The monoisotopic (exact) mass is 295 g/mol. The molecule has 1 heteroatoms. The summed E-state index contributed by atoms with van der Waals surface area (Å²) in [5.74, 6) is 0. The Kier molecular flexibility index (Phi) is 13.4. The van der Waals surface area contributed by atoms with E-state index in [1.54, 1.807) is 0 Å². The molecular weight excluding hydrogens is 271 g/mol. The molecule has 0 nitrogen and oxygen atoms in total. The van der Waals surface area contributed by atoms with E-state index < -0.39 is 0 Å². The molecule has 13 heavy (non-hydrogen) atoms. The quantitative estimate of drug-likeness (QED) is 0.297. The van der Waals surface area contributed by atoms with E-state index in [1.807, 2.05) is 0 Å². The molecule has 0 heterocycles. The summed E-state index contributed by atoms with van der Waals surface area (Å²) in [7, 11) is 0. The third-order valence-electron chi connectivity index (χ3n) is 2.38. The molecular formula is C12H24I. The molecule has 1 radical (unpaired) electrons. The zero-order valence-electron chi connectivity index (χ0n) is 8.86. The summed E-state index contributed by atoms with van der Waals surface area (Å²) < 4.78 is 1.33. The molecule has 0 aromatic rings. The van der Waals surface area contributed by atoms with Crippen molar-refractivity contribution in [2.75, 3.05) is 4.43 Å². The molecule has 0 saturated carbocycles.